The molecular formula is C33H53FO2. The highest BCUT2D eigenvalue weighted by molar-refractivity contribution is 5.72. The largest absolute Gasteiger partial charge is 0.426 e. The highest BCUT2D eigenvalue weighted by atomic mass is 19.1. The minimum Gasteiger partial charge on any atom is -0.426 e. The third-order valence-electron chi connectivity index (χ3n) is 9.16. The van der Waals surface area contributed by atoms with Gasteiger partial charge in [0.15, 0.2) is 0 Å². The average molecular weight is 501 g/mol. The Morgan fingerprint density at radius 1 is 0.833 bits per heavy atom. The Morgan fingerprint density at radius 3 is 2.33 bits per heavy atom. The van der Waals surface area contributed by atoms with E-state index in [1.165, 1.54) is 102 Å². The first kappa shape index (κ1) is 29.2. The van der Waals surface area contributed by atoms with Crippen LogP contribution in [-0.4, -0.2) is 5.97 Å². The lowest BCUT2D eigenvalue weighted by atomic mass is 9.67. The van der Waals surface area contributed by atoms with Crippen molar-refractivity contribution in [3.63, 3.8) is 0 Å². The fourth-order valence-corrected chi connectivity index (χ4v) is 6.87. The number of carbonyl (C=O) groups is 1. The second kappa shape index (κ2) is 16.5. The van der Waals surface area contributed by atoms with Gasteiger partial charge in [-0.1, -0.05) is 103 Å². The molecule has 0 radical (unpaired) electrons. The number of carbonyl (C=O) groups excluding carboxylic acids is 1. The van der Waals surface area contributed by atoms with Crippen LogP contribution in [0.2, 0.25) is 0 Å². The maximum Gasteiger partial charge on any atom is 0.311 e. The summed E-state index contributed by atoms with van der Waals surface area (Å²) in [5, 5.41) is 0. The fraction of sp³-hybridized carbons (Fsp3) is 0.788. The third kappa shape index (κ3) is 10.2. The van der Waals surface area contributed by atoms with Crippen LogP contribution in [-0.2, 0) is 11.2 Å². The van der Waals surface area contributed by atoms with E-state index in [0.717, 1.165) is 49.0 Å². The van der Waals surface area contributed by atoms with Crippen LogP contribution in [0.4, 0.5) is 4.39 Å². The number of hydrogen-bond acceptors (Lipinski definition) is 2. The number of aryl methyl sites for hydroxylation is 1. The maximum atomic E-state index is 14.5. The Hall–Kier alpha value is -1.38. The lowest BCUT2D eigenvalue weighted by Crippen LogP contribution is -2.27. The lowest BCUT2D eigenvalue weighted by Gasteiger charge is -2.38. The fourth-order valence-electron chi connectivity index (χ4n) is 6.87. The van der Waals surface area contributed by atoms with Crippen molar-refractivity contribution in [3.05, 3.63) is 29.6 Å². The predicted molar refractivity (Wildman–Crippen MR) is 149 cm³/mol. The van der Waals surface area contributed by atoms with Crippen molar-refractivity contribution in [1.29, 1.82) is 0 Å². The van der Waals surface area contributed by atoms with Crippen LogP contribution in [0.15, 0.2) is 18.2 Å². The van der Waals surface area contributed by atoms with Gasteiger partial charge in [0.1, 0.15) is 11.6 Å². The molecule has 2 aliphatic carbocycles. The smallest absolute Gasteiger partial charge is 0.311 e. The molecule has 0 N–H and O–H groups in total. The molecule has 2 nitrogen and oxygen atoms in total. The van der Waals surface area contributed by atoms with E-state index in [-0.39, 0.29) is 11.8 Å². The standard InChI is InChI=1S/C33H53FO2/c1-3-5-7-8-10-14-29-21-22-31(25-32(29)34)36-33(35)23-18-27-13-11-15-30(24-27)28-19-16-26(17-20-28)12-9-6-4-2/h21-22,25-28,30H,3-20,23-24H2,1-2H3/t26?,27?,28?,30-/m0/s1. The first-order chi connectivity index (χ1) is 17.6. The van der Waals surface area contributed by atoms with Crippen LogP contribution in [0.3, 0.4) is 0 Å². The number of esters is 1. The lowest BCUT2D eigenvalue weighted by molar-refractivity contribution is -0.134. The summed E-state index contributed by atoms with van der Waals surface area (Å²) in [5.74, 6) is 3.29. The van der Waals surface area contributed by atoms with E-state index in [9.17, 15) is 9.18 Å². The number of hydrogen-bond donors (Lipinski definition) is 0. The van der Waals surface area contributed by atoms with Gasteiger partial charge in [-0.3, -0.25) is 4.79 Å². The van der Waals surface area contributed by atoms with Gasteiger partial charge in [0.25, 0.3) is 0 Å². The maximum absolute atomic E-state index is 14.5. The molecule has 204 valence electrons. The van der Waals surface area contributed by atoms with Crippen LogP contribution in [0.25, 0.3) is 0 Å². The highest BCUT2D eigenvalue weighted by Crippen LogP contribution is 2.43. The zero-order valence-corrected chi connectivity index (χ0v) is 23.4. The van der Waals surface area contributed by atoms with E-state index < -0.39 is 0 Å². The van der Waals surface area contributed by atoms with E-state index in [0.29, 0.717) is 18.1 Å². The summed E-state index contributed by atoms with van der Waals surface area (Å²) in [6, 6.07) is 4.95. The van der Waals surface area contributed by atoms with Crippen LogP contribution in [0.5, 0.6) is 5.75 Å². The van der Waals surface area contributed by atoms with Gasteiger partial charge in [0.05, 0.1) is 0 Å². The van der Waals surface area contributed by atoms with Gasteiger partial charge in [0.2, 0.25) is 0 Å². The van der Waals surface area contributed by atoms with Gasteiger partial charge >= 0.3 is 5.97 Å². The first-order valence-corrected chi connectivity index (χ1v) is 15.6. The molecule has 0 bridgehead atoms. The van der Waals surface area contributed by atoms with Gasteiger partial charge in [-0.25, -0.2) is 4.39 Å². The second-order valence-corrected chi connectivity index (χ2v) is 12.0. The average Bonchev–Trinajstić information content (AvgIpc) is 2.89. The number of benzene rings is 1. The molecule has 0 aromatic heterocycles. The van der Waals surface area contributed by atoms with Crippen LogP contribution >= 0.6 is 0 Å². The quantitative estimate of drug-likeness (QED) is 0.136. The van der Waals surface area contributed by atoms with Crippen LogP contribution < -0.4 is 4.74 Å². The summed E-state index contributed by atoms with van der Waals surface area (Å²) in [6.07, 6.45) is 24.5. The Balaban J connectivity index is 1.35. The molecule has 0 aliphatic heterocycles. The van der Waals surface area contributed by atoms with Crippen molar-refractivity contribution in [2.45, 2.75) is 142 Å². The summed E-state index contributed by atoms with van der Waals surface area (Å²) in [4.78, 5) is 12.5. The van der Waals surface area contributed by atoms with Gasteiger partial charge < -0.3 is 4.74 Å². The normalized spacial score (nSPS) is 24.5. The molecule has 2 fully saturated rings. The molecule has 2 saturated carbocycles. The van der Waals surface area contributed by atoms with Crippen molar-refractivity contribution in [2.24, 2.45) is 23.7 Å². The third-order valence-corrected chi connectivity index (χ3v) is 9.16. The van der Waals surface area contributed by atoms with Crippen LogP contribution in [0.1, 0.15) is 141 Å². The predicted octanol–water partition coefficient (Wildman–Crippen LogP) is 10.2. The molecule has 2 aliphatic rings. The van der Waals surface area contributed by atoms with Crippen LogP contribution in [0, 0.1) is 29.5 Å². The van der Waals surface area contributed by atoms with E-state index in [4.69, 9.17) is 4.74 Å². The Morgan fingerprint density at radius 2 is 1.58 bits per heavy atom. The van der Waals surface area contributed by atoms with E-state index in [1.54, 1.807) is 12.1 Å². The van der Waals surface area contributed by atoms with Crippen molar-refractivity contribution < 1.29 is 13.9 Å². The summed E-state index contributed by atoms with van der Waals surface area (Å²) < 4.78 is 20.0. The van der Waals surface area contributed by atoms with Gasteiger partial charge in [-0.2, -0.15) is 0 Å². The van der Waals surface area contributed by atoms with Gasteiger partial charge in [-0.15, -0.1) is 0 Å². The van der Waals surface area contributed by atoms with Crippen molar-refractivity contribution in [3.8, 4) is 5.75 Å². The molecule has 2 atom stereocenters. The zero-order chi connectivity index (χ0) is 25.6. The molecule has 36 heavy (non-hydrogen) atoms. The minimum absolute atomic E-state index is 0.212. The molecule has 3 heteroatoms. The zero-order valence-electron chi connectivity index (χ0n) is 23.4. The van der Waals surface area contributed by atoms with Crippen molar-refractivity contribution in [2.75, 3.05) is 0 Å². The van der Waals surface area contributed by atoms with Crippen molar-refractivity contribution in [1.82, 2.24) is 0 Å². The molecular weight excluding hydrogens is 447 g/mol. The highest BCUT2D eigenvalue weighted by Gasteiger charge is 2.31. The van der Waals surface area contributed by atoms with E-state index in [1.807, 2.05) is 0 Å². The number of ether oxygens (including phenoxy) is 1. The van der Waals surface area contributed by atoms with E-state index in [2.05, 4.69) is 13.8 Å². The van der Waals surface area contributed by atoms with E-state index >= 15 is 0 Å². The Kier molecular flexibility index (Phi) is 13.3. The number of unbranched alkanes of at least 4 members (excludes halogenated alkanes) is 6. The summed E-state index contributed by atoms with van der Waals surface area (Å²) in [6.45, 7) is 4.50. The molecule has 0 heterocycles. The van der Waals surface area contributed by atoms with Gasteiger partial charge in [0, 0.05) is 12.5 Å². The molecule has 1 aromatic rings. The SMILES string of the molecule is CCCCCCCc1ccc(OC(=O)CCC2CCC[C@H](C3CCC(CCCCC)CC3)C2)cc1F. The Labute approximate surface area is 221 Å². The molecule has 1 unspecified atom stereocenters. The first-order valence-electron chi connectivity index (χ1n) is 15.6. The monoisotopic (exact) mass is 500 g/mol. The molecule has 0 amide bonds. The number of halogens is 1. The Bertz CT molecular complexity index is 752. The summed E-state index contributed by atoms with van der Waals surface area (Å²) in [5.41, 5.74) is 0.731. The summed E-state index contributed by atoms with van der Waals surface area (Å²) >= 11 is 0. The topological polar surface area (TPSA) is 26.3 Å². The molecule has 0 spiro atoms. The van der Waals surface area contributed by atoms with Gasteiger partial charge in [-0.05, 0) is 73.8 Å². The second-order valence-electron chi connectivity index (χ2n) is 12.0. The number of rotatable bonds is 15. The molecule has 0 saturated heterocycles. The summed E-state index contributed by atoms with van der Waals surface area (Å²) in [7, 11) is 0. The molecule has 3 rings (SSSR count). The molecule has 1 aromatic carbocycles. The van der Waals surface area contributed by atoms with Crippen molar-refractivity contribution >= 4 is 5.97 Å². The minimum atomic E-state index is -0.244.